The molecule has 0 bridgehead atoms. The zero-order chi connectivity index (χ0) is 8.60. The van der Waals surface area contributed by atoms with Gasteiger partial charge in [0.15, 0.2) is 0 Å². The van der Waals surface area contributed by atoms with Crippen LogP contribution in [0.1, 0.15) is 39.0 Å². The molecule has 1 heterocycles. The van der Waals surface area contributed by atoms with Crippen molar-refractivity contribution in [3.63, 3.8) is 0 Å². The van der Waals surface area contributed by atoms with Crippen molar-refractivity contribution in [3.8, 4) is 0 Å². The van der Waals surface area contributed by atoms with Crippen LogP contribution in [-0.4, -0.2) is 34.7 Å². The fourth-order valence-electron chi connectivity index (χ4n) is 2.12. The van der Waals surface area contributed by atoms with Crippen molar-refractivity contribution in [1.82, 2.24) is 4.90 Å². The lowest BCUT2D eigenvalue weighted by Gasteiger charge is -2.43. The Morgan fingerprint density at radius 2 is 1.83 bits per heavy atom. The summed E-state index contributed by atoms with van der Waals surface area (Å²) in [7, 11) is 0. The van der Waals surface area contributed by atoms with E-state index in [1.54, 1.807) is 0 Å². The van der Waals surface area contributed by atoms with Crippen LogP contribution in [0.2, 0.25) is 0 Å². The fourth-order valence-corrected chi connectivity index (χ4v) is 2.12. The third-order valence-electron chi connectivity index (χ3n) is 3.47. The summed E-state index contributed by atoms with van der Waals surface area (Å²) in [5.41, 5.74) is -0.375. The minimum atomic E-state index is -0.375. The number of nitrogens with zero attached hydrogens (tertiary/aromatic N) is 1. The number of hydrogen-bond acceptors (Lipinski definition) is 2. The first-order valence-electron chi connectivity index (χ1n) is 5.14. The molecule has 0 atom stereocenters. The van der Waals surface area contributed by atoms with Crippen molar-refractivity contribution < 1.29 is 5.11 Å². The first-order chi connectivity index (χ1) is 5.67. The van der Waals surface area contributed by atoms with Gasteiger partial charge in [-0.05, 0) is 32.6 Å². The van der Waals surface area contributed by atoms with Gasteiger partial charge >= 0.3 is 0 Å². The largest absolute Gasteiger partial charge is 0.390 e. The molecule has 12 heavy (non-hydrogen) atoms. The monoisotopic (exact) mass is 169 g/mol. The number of piperidine rings is 1. The third-order valence-corrected chi connectivity index (χ3v) is 3.47. The van der Waals surface area contributed by atoms with E-state index in [1.807, 2.05) is 6.92 Å². The van der Waals surface area contributed by atoms with Crippen molar-refractivity contribution in [2.75, 3.05) is 13.1 Å². The van der Waals surface area contributed by atoms with Crippen molar-refractivity contribution in [2.24, 2.45) is 0 Å². The lowest BCUT2D eigenvalue weighted by molar-refractivity contribution is -0.0266. The van der Waals surface area contributed by atoms with Gasteiger partial charge in [0.25, 0.3) is 0 Å². The topological polar surface area (TPSA) is 23.5 Å². The second-order valence-corrected chi connectivity index (χ2v) is 4.62. The molecule has 0 unspecified atom stereocenters. The summed E-state index contributed by atoms with van der Waals surface area (Å²) < 4.78 is 0. The van der Waals surface area contributed by atoms with Gasteiger partial charge in [-0.2, -0.15) is 0 Å². The molecule has 1 aliphatic carbocycles. The number of hydrogen-bond donors (Lipinski definition) is 1. The lowest BCUT2D eigenvalue weighted by Crippen LogP contribution is -2.49. The molecule has 2 aliphatic rings. The molecular weight excluding hydrogens is 150 g/mol. The van der Waals surface area contributed by atoms with E-state index in [2.05, 4.69) is 4.90 Å². The molecule has 0 aromatic heterocycles. The Hall–Kier alpha value is -0.0800. The first kappa shape index (κ1) is 8.52. The summed E-state index contributed by atoms with van der Waals surface area (Å²) in [6, 6.07) is 0.862. The highest BCUT2D eigenvalue weighted by molar-refractivity contribution is 4.87. The normalized spacial score (nSPS) is 31.5. The van der Waals surface area contributed by atoms with E-state index >= 15 is 0 Å². The van der Waals surface area contributed by atoms with Gasteiger partial charge in [-0.1, -0.05) is 6.42 Å². The highest BCUT2D eigenvalue weighted by Crippen LogP contribution is 2.30. The summed E-state index contributed by atoms with van der Waals surface area (Å²) in [6.07, 6.45) is 6.12. The Bertz CT molecular complexity index is 153. The van der Waals surface area contributed by atoms with Crippen molar-refractivity contribution in [3.05, 3.63) is 0 Å². The van der Waals surface area contributed by atoms with Crippen molar-refractivity contribution >= 4 is 0 Å². The first-order valence-corrected chi connectivity index (χ1v) is 5.14. The second kappa shape index (κ2) is 3.00. The predicted molar refractivity (Wildman–Crippen MR) is 49.1 cm³/mol. The molecule has 0 aromatic rings. The van der Waals surface area contributed by atoms with Crippen LogP contribution in [0.4, 0.5) is 0 Å². The summed E-state index contributed by atoms with van der Waals surface area (Å²) in [5.74, 6) is 0. The van der Waals surface area contributed by atoms with Gasteiger partial charge in [0, 0.05) is 19.1 Å². The Labute approximate surface area is 74.6 Å². The molecule has 0 radical (unpaired) electrons. The molecule has 2 nitrogen and oxygen atoms in total. The van der Waals surface area contributed by atoms with E-state index in [0.717, 1.165) is 32.0 Å². The standard InChI is InChI=1S/C10H19NO/c1-10(12)5-7-11(8-6-10)9-3-2-4-9/h9,12H,2-8H2,1H3. The fraction of sp³-hybridized carbons (Fsp3) is 1.00. The van der Waals surface area contributed by atoms with Crippen LogP contribution in [0.3, 0.4) is 0 Å². The molecular formula is C10H19NO. The minimum Gasteiger partial charge on any atom is -0.390 e. The lowest BCUT2D eigenvalue weighted by atomic mass is 9.87. The minimum absolute atomic E-state index is 0.375. The van der Waals surface area contributed by atoms with Gasteiger partial charge in [0.05, 0.1) is 5.60 Å². The smallest absolute Gasteiger partial charge is 0.0644 e. The zero-order valence-electron chi connectivity index (χ0n) is 7.92. The summed E-state index contributed by atoms with van der Waals surface area (Å²) in [5, 5.41) is 9.74. The second-order valence-electron chi connectivity index (χ2n) is 4.62. The molecule has 0 spiro atoms. The van der Waals surface area contributed by atoms with E-state index in [1.165, 1.54) is 19.3 Å². The van der Waals surface area contributed by atoms with E-state index in [-0.39, 0.29) is 5.60 Å². The van der Waals surface area contributed by atoms with Crippen LogP contribution in [0.5, 0.6) is 0 Å². The Kier molecular flexibility index (Phi) is 2.13. The van der Waals surface area contributed by atoms with E-state index in [0.29, 0.717) is 0 Å². The average Bonchev–Trinajstić information content (AvgIpc) is 1.89. The predicted octanol–water partition coefficient (Wildman–Crippen LogP) is 1.39. The van der Waals surface area contributed by atoms with Crippen LogP contribution < -0.4 is 0 Å². The maximum atomic E-state index is 9.74. The van der Waals surface area contributed by atoms with Crippen LogP contribution in [0, 0.1) is 0 Å². The molecule has 1 N–H and O–H groups in total. The Balaban J connectivity index is 1.81. The number of likely N-dealkylation sites (tertiary alicyclic amines) is 1. The van der Waals surface area contributed by atoms with Gasteiger partial charge in [0.2, 0.25) is 0 Å². The molecule has 2 rings (SSSR count). The highest BCUT2D eigenvalue weighted by atomic mass is 16.3. The molecule has 2 heteroatoms. The van der Waals surface area contributed by atoms with Crippen LogP contribution >= 0.6 is 0 Å². The SMILES string of the molecule is CC1(O)CCN(C2CCC2)CC1. The number of aliphatic hydroxyl groups is 1. The van der Waals surface area contributed by atoms with Gasteiger partial charge in [-0.3, -0.25) is 0 Å². The molecule has 2 fully saturated rings. The molecule has 70 valence electrons. The highest BCUT2D eigenvalue weighted by Gasteiger charge is 2.32. The van der Waals surface area contributed by atoms with E-state index in [4.69, 9.17) is 0 Å². The quantitative estimate of drug-likeness (QED) is 0.641. The maximum absolute atomic E-state index is 9.74. The summed E-state index contributed by atoms with van der Waals surface area (Å²) >= 11 is 0. The molecule has 1 saturated heterocycles. The maximum Gasteiger partial charge on any atom is 0.0644 e. The van der Waals surface area contributed by atoms with E-state index in [9.17, 15) is 5.11 Å². The molecule has 1 aliphatic heterocycles. The average molecular weight is 169 g/mol. The molecule has 0 aromatic carbocycles. The van der Waals surface area contributed by atoms with Crippen LogP contribution in [0.15, 0.2) is 0 Å². The van der Waals surface area contributed by atoms with Crippen molar-refractivity contribution in [1.29, 1.82) is 0 Å². The van der Waals surface area contributed by atoms with Gasteiger partial charge in [-0.15, -0.1) is 0 Å². The van der Waals surface area contributed by atoms with Crippen LogP contribution in [0.25, 0.3) is 0 Å². The summed E-state index contributed by atoms with van der Waals surface area (Å²) in [6.45, 7) is 4.18. The molecule has 0 amide bonds. The molecule has 1 saturated carbocycles. The zero-order valence-corrected chi connectivity index (χ0v) is 7.92. The Morgan fingerprint density at radius 1 is 1.25 bits per heavy atom. The van der Waals surface area contributed by atoms with E-state index < -0.39 is 0 Å². The summed E-state index contributed by atoms with van der Waals surface area (Å²) in [4.78, 5) is 2.56. The van der Waals surface area contributed by atoms with Gasteiger partial charge in [-0.25, -0.2) is 0 Å². The third kappa shape index (κ3) is 1.64. The van der Waals surface area contributed by atoms with Crippen LogP contribution in [-0.2, 0) is 0 Å². The van der Waals surface area contributed by atoms with Crippen molar-refractivity contribution in [2.45, 2.75) is 50.7 Å². The van der Waals surface area contributed by atoms with Gasteiger partial charge in [0.1, 0.15) is 0 Å². The Morgan fingerprint density at radius 3 is 2.25 bits per heavy atom. The number of rotatable bonds is 1. The van der Waals surface area contributed by atoms with Gasteiger partial charge < -0.3 is 10.0 Å².